The molecule has 0 aliphatic heterocycles. The third kappa shape index (κ3) is 11.8. The highest BCUT2D eigenvalue weighted by Gasteiger charge is 2.35. The highest BCUT2D eigenvalue weighted by molar-refractivity contribution is 7.16. The Morgan fingerprint density at radius 2 is 1.10 bits per heavy atom. The summed E-state index contributed by atoms with van der Waals surface area (Å²) < 4.78 is 78.4. The van der Waals surface area contributed by atoms with Crippen LogP contribution in [0.4, 0.5) is 42.4 Å². The second kappa shape index (κ2) is 20.3. The molecule has 8 aromatic rings. The van der Waals surface area contributed by atoms with Crippen LogP contribution in [-0.4, -0.2) is 51.2 Å². The molecule has 2 aliphatic rings. The number of rotatable bonds is 10. The smallest absolute Gasteiger partial charge is 0.417 e. The average molecular weight is 1030 g/mol. The predicted octanol–water partition coefficient (Wildman–Crippen LogP) is 11.6. The Kier molecular flexibility index (Phi) is 14.2. The molecule has 5 N–H and O–H groups in total. The van der Waals surface area contributed by atoms with E-state index in [2.05, 4.69) is 25.3 Å². The zero-order valence-corrected chi connectivity index (χ0v) is 38.7. The summed E-state index contributed by atoms with van der Waals surface area (Å²) in [6, 6.07) is 26.3. The van der Waals surface area contributed by atoms with Crippen LogP contribution in [0.1, 0.15) is 79.1 Å². The second-order valence-electron chi connectivity index (χ2n) is 15.9. The van der Waals surface area contributed by atoms with Gasteiger partial charge in [-0.3, -0.25) is 18.7 Å². The molecule has 0 saturated heterocycles. The number of pyridine rings is 4. The number of nitrogens with one attached hydrogen (secondary N) is 1. The minimum absolute atomic E-state index is 0.0353. The molecule has 0 radical (unpaired) electrons. The van der Waals surface area contributed by atoms with Gasteiger partial charge >= 0.3 is 24.3 Å². The number of carboxylic acids is 2. The minimum Gasteiger partial charge on any atom is -0.478 e. The third-order valence-electron chi connectivity index (χ3n) is 10.8. The maximum Gasteiger partial charge on any atom is 0.417 e. The van der Waals surface area contributed by atoms with Gasteiger partial charge in [0.05, 0.1) is 28.1 Å². The summed E-state index contributed by atoms with van der Waals surface area (Å²) in [6.45, 7) is 0. The molecule has 23 heteroatoms. The number of hydrogen-bond acceptors (Lipinski definition) is 12. The highest BCUT2D eigenvalue weighted by atomic mass is 35.5. The lowest BCUT2D eigenvalue weighted by atomic mass is 10.1. The zero-order chi connectivity index (χ0) is 50.8. The number of halogens is 7. The molecule has 0 bridgehead atoms. The van der Waals surface area contributed by atoms with Crippen molar-refractivity contribution in [1.29, 1.82) is 0 Å². The van der Waals surface area contributed by atoms with E-state index in [-0.39, 0.29) is 16.9 Å². The Bertz CT molecular complexity index is 3390. The molecule has 6 aromatic heterocycles. The van der Waals surface area contributed by atoms with Crippen LogP contribution in [0.2, 0.25) is 5.15 Å². The fraction of sp³-hybridized carbons (Fsp3) is 0.167. The van der Waals surface area contributed by atoms with Crippen LogP contribution >= 0.6 is 34.3 Å². The first-order chi connectivity index (χ1) is 33.7. The van der Waals surface area contributed by atoms with E-state index >= 15 is 0 Å². The molecule has 0 amide bonds. The molecule has 2 fully saturated rings. The monoisotopic (exact) mass is 1030 g/mol. The van der Waals surface area contributed by atoms with Gasteiger partial charge in [0.25, 0.3) is 11.1 Å². The van der Waals surface area contributed by atoms with Crippen molar-refractivity contribution < 1.29 is 46.1 Å². The van der Waals surface area contributed by atoms with Crippen LogP contribution in [0.5, 0.6) is 0 Å². The fourth-order valence-electron chi connectivity index (χ4n) is 6.97. The van der Waals surface area contributed by atoms with E-state index in [0.717, 1.165) is 40.2 Å². The molecule has 0 atom stereocenters. The van der Waals surface area contributed by atoms with Crippen LogP contribution in [-0.2, 0) is 12.4 Å². The number of anilines is 3. The second-order valence-corrected chi connectivity index (χ2v) is 18.3. The van der Waals surface area contributed by atoms with Crippen LogP contribution in [0.15, 0.2) is 131 Å². The van der Waals surface area contributed by atoms with E-state index in [4.69, 9.17) is 22.4 Å². The lowest BCUT2D eigenvalue weighted by Crippen LogP contribution is -2.15. The van der Waals surface area contributed by atoms with Gasteiger partial charge in [0.2, 0.25) is 0 Å². The van der Waals surface area contributed by atoms with Gasteiger partial charge in [0, 0.05) is 69.2 Å². The summed E-state index contributed by atoms with van der Waals surface area (Å²) in [5.74, 6) is -2.35. The van der Waals surface area contributed by atoms with Crippen LogP contribution in [0.3, 0.4) is 0 Å². The molecule has 0 unspecified atom stereocenters. The molecular weight excluding hydrogens is 998 g/mol. The lowest BCUT2D eigenvalue weighted by molar-refractivity contribution is -0.138. The number of carbonyl (C=O) groups is 2. The predicted molar refractivity (Wildman–Crippen MR) is 255 cm³/mol. The molecule has 6 heterocycles. The van der Waals surface area contributed by atoms with Gasteiger partial charge in [-0.1, -0.05) is 48.0 Å². The van der Waals surface area contributed by atoms with E-state index < -0.39 is 51.7 Å². The molecule has 10 rings (SSSR count). The largest absolute Gasteiger partial charge is 0.478 e. The molecule has 2 saturated carbocycles. The van der Waals surface area contributed by atoms with Gasteiger partial charge in [0.15, 0.2) is 10.3 Å². The van der Waals surface area contributed by atoms with Gasteiger partial charge in [-0.15, -0.1) is 22.7 Å². The standard InChI is InChI=1S/C24H17F3N4O3S.C17H15N3OS.C7H3ClF3NO2/c25-24(26,27)15-11-17(22(33)34)21(28-12-15)30-23-29-19(20(35-23)14-4-5-14)13-6-8-16(9-7-13)31-10-2-1-3-18(31)32;18-17-19-15(16(22-17)12-4-5-12)11-6-8-13(9-7-11)20-10-2-1-3-14(20)21;8-5-4(6(13)14)1-3(2-12-5)7(9,10)11/h1-3,6-12,14H,4-5H2,(H,33,34)(H,28,29,30);1-3,6-10,12H,4-5H2,(H2,18,19);1-2H,(H,13,14). The first-order valence-corrected chi connectivity index (χ1v) is 23.1. The van der Waals surface area contributed by atoms with Gasteiger partial charge in [0.1, 0.15) is 16.5 Å². The van der Waals surface area contributed by atoms with Crippen molar-refractivity contribution in [2.24, 2.45) is 0 Å². The lowest BCUT2D eigenvalue weighted by Gasteiger charge is -2.10. The van der Waals surface area contributed by atoms with E-state index in [1.165, 1.54) is 39.7 Å². The Morgan fingerprint density at radius 1 is 0.648 bits per heavy atom. The normalized spacial score (nSPS) is 13.3. The summed E-state index contributed by atoms with van der Waals surface area (Å²) in [7, 11) is 0. The topological polar surface area (TPSA) is 208 Å². The summed E-state index contributed by atoms with van der Waals surface area (Å²) in [4.78, 5) is 64.2. The zero-order valence-electron chi connectivity index (χ0n) is 36.3. The van der Waals surface area contributed by atoms with Crippen LogP contribution < -0.4 is 22.2 Å². The SMILES string of the molecule is Nc1nc(-c2ccc(-n3ccccc3=O)cc2)c(C2CC2)s1.O=C(O)c1cc(C(F)(F)F)cnc1Cl.O=C(O)c1cc(C(F)(F)F)cnc1Nc1nc(-c2ccc(-n3ccccc3=O)cc2)c(C2CC2)s1. The van der Waals surface area contributed by atoms with Crippen molar-refractivity contribution >= 4 is 62.3 Å². The number of aromatic carboxylic acids is 2. The summed E-state index contributed by atoms with van der Waals surface area (Å²) in [6.07, 6.45) is -0.372. The minimum atomic E-state index is -4.71. The summed E-state index contributed by atoms with van der Waals surface area (Å²) in [5.41, 5.74) is 7.27. The fourth-order valence-corrected chi connectivity index (χ4v) is 9.33. The maximum absolute atomic E-state index is 13.0. The van der Waals surface area contributed by atoms with Crippen LogP contribution in [0, 0.1) is 0 Å². The number of nitrogens with two attached hydrogens (primary N) is 1. The van der Waals surface area contributed by atoms with E-state index in [1.54, 1.807) is 64.7 Å². The number of nitrogen functional groups attached to an aromatic ring is 1. The van der Waals surface area contributed by atoms with Crippen molar-refractivity contribution in [2.75, 3.05) is 11.1 Å². The van der Waals surface area contributed by atoms with Crippen molar-refractivity contribution in [2.45, 2.75) is 49.9 Å². The molecule has 2 aliphatic carbocycles. The van der Waals surface area contributed by atoms with Crippen molar-refractivity contribution in [1.82, 2.24) is 29.1 Å². The van der Waals surface area contributed by atoms with Crippen molar-refractivity contribution in [3.05, 3.63) is 180 Å². The van der Waals surface area contributed by atoms with E-state index in [1.807, 2.05) is 42.5 Å². The first kappa shape index (κ1) is 49.7. The highest BCUT2D eigenvalue weighted by Crippen LogP contribution is 2.49. The van der Waals surface area contributed by atoms with E-state index in [9.17, 15) is 50.6 Å². The van der Waals surface area contributed by atoms with Gasteiger partial charge in [-0.25, -0.2) is 29.5 Å². The van der Waals surface area contributed by atoms with Crippen LogP contribution in [0.25, 0.3) is 33.9 Å². The number of nitrogens with zero attached hydrogens (tertiary/aromatic N) is 6. The number of hydrogen-bond donors (Lipinski definition) is 4. The number of carboxylic acid groups (broad SMARTS) is 2. The molecule has 364 valence electrons. The maximum atomic E-state index is 13.0. The quantitative estimate of drug-likeness (QED) is 0.0745. The Labute approximate surface area is 410 Å². The first-order valence-electron chi connectivity index (χ1n) is 21.1. The van der Waals surface area contributed by atoms with Gasteiger partial charge in [-0.05, 0) is 86.1 Å². The summed E-state index contributed by atoms with van der Waals surface area (Å²) >= 11 is 8.20. The van der Waals surface area contributed by atoms with Crippen molar-refractivity contribution in [3.63, 3.8) is 0 Å². The Morgan fingerprint density at radius 3 is 1.55 bits per heavy atom. The number of aromatic nitrogens is 6. The number of alkyl halides is 6. The molecule has 14 nitrogen and oxygen atoms in total. The summed E-state index contributed by atoms with van der Waals surface area (Å²) in [5, 5.41) is 21.2. The van der Waals surface area contributed by atoms with Crippen molar-refractivity contribution in [3.8, 4) is 33.9 Å². The number of thiazole rings is 2. The Hall–Kier alpha value is -7.69. The molecule has 0 spiro atoms. The molecular formula is C48H35ClF6N8O6S2. The van der Waals surface area contributed by atoms with Gasteiger partial charge < -0.3 is 21.3 Å². The Balaban J connectivity index is 0.000000159. The van der Waals surface area contributed by atoms with Gasteiger partial charge in [-0.2, -0.15) is 26.3 Å². The number of benzene rings is 2. The third-order valence-corrected chi connectivity index (χ3v) is 13.3. The molecule has 2 aromatic carbocycles. The molecule has 71 heavy (non-hydrogen) atoms. The average Bonchev–Trinajstić information content (AvgIpc) is 4.28. The van der Waals surface area contributed by atoms with E-state index in [0.29, 0.717) is 58.0 Å².